The maximum atomic E-state index is 12.4. The molecule has 6 nitrogen and oxygen atoms in total. The Morgan fingerprint density at radius 2 is 2.25 bits per heavy atom. The summed E-state index contributed by atoms with van der Waals surface area (Å²) in [6.07, 6.45) is 4.92. The Morgan fingerprint density at radius 1 is 1.46 bits per heavy atom. The number of piperidine rings is 1. The van der Waals surface area contributed by atoms with Gasteiger partial charge in [0.15, 0.2) is 0 Å². The second kappa shape index (κ2) is 7.17. The van der Waals surface area contributed by atoms with E-state index >= 15 is 0 Å². The van der Waals surface area contributed by atoms with Crippen LogP contribution < -0.4 is 10.6 Å². The van der Waals surface area contributed by atoms with Gasteiger partial charge >= 0.3 is 0 Å². The van der Waals surface area contributed by atoms with Crippen LogP contribution in [0.25, 0.3) is 0 Å². The molecule has 3 rings (SSSR count). The highest BCUT2D eigenvalue weighted by Crippen LogP contribution is 2.24. The van der Waals surface area contributed by atoms with E-state index in [0.29, 0.717) is 19.3 Å². The molecule has 7 heteroatoms. The van der Waals surface area contributed by atoms with Crippen LogP contribution in [0.1, 0.15) is 30.0 Å². The van der Waals surface area contributed by atoms with Crippen molar-refractivity contribution in [1.82, 2.24) is 20.4 Å². The van der Waals surface area contributed by atoms with E-state index in [1.807, 2.05) is 37.5 Å². The number of rotatable bonds is 4. The lowest BCUT2D eigenvalue weighted by molar-refractivity contribution is -0.126. The molecular formula is C17H19BrN4O2. The SMILES string of the molecule is Cn1cc(C2NC(=O)CC[C@@H]2NC(=O)Cc2ccccc2Br)cn1. The molecule has 1 aliphatic heterocycles. The van der Waals surface area contributed by atoms with Crippen molar-refractivity contribution in [3.8, 4) is 0 Å². The van der Waals surface area contributed by atoms with E-state index in [4.69, 9.17) is 0 Å². The fraction of sp³-hybridized carbons (Fsp3) is 0.353. The van der Waals surface area contributed by atoms with Crippen LogP contribution in [0.5, 0.6) is 0 Å². The van der Waals surface area contributed by atoms with Crippen molar-refractivity contribution in [2.45, 2.75) is 31.3 Å². The minimum Gasteiger partial charge on any atom is -0.351 e. The Bertz CT molecular complexity index is 759. The van der Waals surface area contributed by atoms with Gasteiger partial charge in [-0.15, -0.1) is 0 Å². The summed E-state index contributed by atoms with van der Waals surface area (Å²) >= 11 is 3.46. The van der Waals surface area contributed by atoms with Gasteiger partial charge in [0.05, 0.1) is 24.7 Å². The van der Waals surface area contributed by atoms with Crippen molar-refractivity contribution in [2.24, 2.45) is 7.05 Å². The minimum absolute atomic E-state index is 0.000144. The third-order valence-corrected chi connectivity index (χ3v) is 4.91. The maximum absolute atomic E-state index is 12.4. The number of hydrogen-bond acceptors (Lipinski definition) is 3. The standard InChI is InChI=1S/C17H19BrN4O2/c1-22-10-12(9-19-22)17-14(6-7-15(23)21-17)20-16(24)8-11-4-2-3-5-13(11)18/h2-5,9-10,14,17H,6-8H2,1H3,(H,20,24)(H,21,23)/t14-,17?/m0/s1. The van der Waals surface area contributed by atoms with E-state index in [0.717, 1.165) is 15.6 Å². The molecule has 0 radical (unpaired) electrons. The molecule has 0 bridgehead atoms. The van der Waals surface area contributed by atoms with Crippen LogP contribution in [0.2, 0.25) is 0 Å². The first-order valence-electron chi connectivity index (χ1n) is 7.83. The van der Waals surface area contributed by atoms with E-state index in [9.17, 15) is 9.59 Å². The zero-order chi connectivity index (χ0) is 17.1. The van der Waals surface area contributed by atoms with Gasteiger partial charge in [0.1, 0.15) is 0 Å². The highest BCUT2D eigenvalue weighted by Gasteiger charge is 2.31. The second-order valence-electron chi connectivity index (χ2n) is 5.97. The van der Waals surface area contributed by atoms with Crippen LogP contribution in [-0.4, -0.2) is 27.6 Å². The fourth-order valence-electron chi connectivity index (χ4n) is 2.94. The maximum Gasteiger partial charge on any atom is 0.224 e. The van der Waals surface area contributed by atoms with Gasteiger partial charge in [-0.3, -0.25) is 14.3 Å². The monoisotopic (exact) mass is 390 g/mol. The zero-order valence-electron chi connectivity index (χ0n) is 13.3. The topological polar surface area (TPSA) is 76.0 Å². The van der Waals surface area contributed by atoms with Crippen LogP contribution in [0, 0.1) is 0 Å². The fourth-order valence-corrected chi connectivity index (χ4v) is 3.37. The molecule has 1 unspecified atom stereocenters. The normalized spacial score (nSPS) is 20.5. The summed E-state index contributed by atoms with van der Waals surface area (Å²) in [7, 11) is 1.83. The second-order valence-corrected chi connectivity index (χ2v) is 6.83. The lowest BCUT2D eigenvalue weighted by Crippen LogP contribution is -2.50. The summed E-state index contributed by atoms with van der Waals surface area (Å²) in [6.45, 7) is 0. The molecular weight excluding hydrogens is 372 g/mol. The van der Waals surface area contributed by atoms with Gasteiger partial charge in [0.25, 0.3) is 0 Å². The Hall–Kier alpha value is -2.15. The van der Waals surface area contributed by atoms with Crippen LogP contribution in [0.15, 0.2) is 41.1 Å². The largest absolute Gasteiger partial charge is 0.351 e. The van der Waals surface area contributed by atoms with Gasteiger partial charge in [-0.2, -0.15) is 5.10 Å². The summed E-state index contributed by atoms with van der Waals surface area (Å²) in [5.74, 6) is -0.0582. The molecule has 1 aromatic heterocycles. The number of aryl methyl sites for hydroxylation is 1. The van der Waals surface area contributed by atoms with Gasteiger partial charge in [0.2, 0.25) is 11.8 Å². The van der Waals surface area contributed by atoms with E-state index in [2.05, 4.69) is 31.7 Å². The Labute approximate surface area is 148 Å². The first-order chi connectivity index (χ1) is 11.5. The molecule has 2 amide bonds. The number of aromatic nitrogens is 2. The lowest BCUT2D eigenvalue weighted by atomic mass is 9.93. The van der Waals surface area contributed by atoms with Crippen molar-refractivity contribution in [2.75, 3.05) is 0 Å². The summed E-state index contributed by atoms with van der Waals surface area (Å²) in [6, 6.07) is 7.28. The van der Waals surface area contributed by atoms with Crippen molar-refractivity contribution in [3.63, 3.8) is 0 Å². The lowest BCUT2D eigenvalue weighted by Gasteiger charge is -2.32. The van der Waals surface area contributed by atoms with Crippen molar-refractivity contribution < 1.29 is 9.59 Å². The molecule has 0 spiro atoms. The molecule has 0 saturated carbocycles. The van der Waals surface area contributed by atoms with Gasteiger partial charge < -0.3 is 10.6 Å². The van der Waals surface area contributed by atoms with Gasteiger partial charge in [-0.05, 0) is 18.1 Å². The molecule has 1 fully saturated rings. The van der Waals surface area contributed by atoms with Crippen molar-refractivity contribution in [3.05, 3.63) is 52.3 Å². The van der Waals surface area contributed by atoms with Crippen LogP contribution in [0.3, 0.4) is 0 Å². The highest BCUT2D eigenvalue weighted by molar-refractivity contribution is 9.10. The zero-order valence-corrected chi connectivity index (χ0v) is 14.9. The quantitative estimate of drug-likeness (QED) is 0.836. The Balaban J connectivity index is 1.70. The predicted octanol–water partition coefficient (Wildman–Crippen LogP) is 1.86. The summed E-state index contributed by atoms with van der Waals surface area (Å²) in [5.41, 5.74) is 1.84. The molecule has 1 aliphatic rings. The smallest absolute Gasteiger partial charge is 0.224 e. The van der Waals surface area contributed by atoms with E-state index in [1.54, 1.807) is 10.9 Å². The molecule has 1 saturated heterocycles. The number of nitrogens with one attached hydrogen (secondary N) is 2. The average Bonchev–Trinajstić information content (AvgIpc) is 2.98. The minimum atomic E-state index is -0.247. The molecule has 1 aromatic carbocycles. The van der Waals surface area contributed by atoms with Gasteiger partial charge in [-0.25, -0.2) is 0 Å². The molecule has 0 aliphatic carbocycles. The summed E-state index contributed by atoms with van der Waals surface area (Å²) in [4.78, 5) is 24.2. The third-order valence-electron chi connectivity index (χ3n) is 4.14. The Kier molecular flexibility index (Phi) is 4.99. The molecule has 2 atom stereocenters. The molecule has 2 heterocycles. The third kappa shape index (κ3) is 3.84. The number of carbonyl (C=O) groups is 2. The molecule has 126 valence electrons. The van der Waals surface area contributed by atoms with Crippen LogP contribution in [-0.2, 0) is 23.1 Å². The number of nitrogens with zero attached hydrogens (tertiary/aromatic N) is 2. The van der Waals surface area contributed by atoms with E-state index in [1.165, 1.54) is 0 Å². The molecule has 2 N–H and O–H groups in total. The number of carbonyl (C=O) groups excluding carboxylic acids is 2. The average molecular weight is 391 g/mol. The Morgan fingerprint density at radius 3 is 2.96 bits per heavy atom. The number of halogens is 1. The molecule has 24 heavy (non-hydrogen) atoms. The first-order valence-corrected chi connectivity index (χ1v) is 8.63. The summed E-state index contributed by atoms with van der Waals surface area (Å²) < 4.78 is 2.61. The van der Waals surface area contributed by atoms with Gasteiger partial charge in [-0.1, -0.05) is 34.1 Å². The molecule has 2 aromatic rings. The van der Waals surface area contributed by atoms with E-state index in [-0.39, 0.29) is 23.9 Å². The van der Waals surface area contributed by atoms with Crippen LogP contribution in [0.4, 0.5) is 0 Å². The highest BCUT2D eigenvalue weighted by atomic mass is 79.9. The van der Waals surface area contributed by atoms with Gasteiger partial charge in [0, 0.05) is 29.7 Å². The predicted molar refractivity (Wildman–Crippen MR) is 93.1 cm³/mol. The first kappa shape index (κ1) is 16.7. The number of hydrogen-bond donors (Lipinski definition) is 2. The van der Waals surface area contributed by atoms with E-state index < -0.39 is 0 Å². The van der Waals surface area contributed by atoms with Crippen molar-refractivity contribution in [1.29, 1.82) is 0 Å². The number of benzene rings is 1. The summed E-state index contributed by atoms with van der Waals surface area (Å²) in [5, 5.41) is 10.2. The van der Waals surface area contributed by atoms with Crippen LogP contribution >= 0.6 is 15.9 Å². The number of amides is 2. The van der Waals surface area contributed by atoms with Crippen molar-refractivity contribution >= 4 is 27.7 Å².